The van der Waals surface area contributed by atoms with E-state index in [2.05, 4.69) is 5.32 Å². The van der Waals surface area contributed by atoms with Gasteiger partial charge in [0.2, 0.25) is 0 Å². The zero-order chi connectivity index (χ0) is 12.0. The zero-order valence-corrected chi connectivity index (χ0v) is 10.0. The molecule has 4 nitrogen and oxygen atoms in total. The number of hydrogen-bond acceptors (Lipinski definition) is 3. The number of carboxylic acid groups (broad SMARTS) is 1. The second-order valence-electron chi connectivity index (χ2n) is 5.99. The van der Waals surface area contributed by atoms with Crippen molar-refractivity contribution in [3.8, 4) is 0 Å². The van der Waals surface area contributed by atoms with Crippen molar-refractivity contribution in [3.63, 3.8) is 0 Å². The van der Waals surface area contributed by atoms with Crippen LogP contribution in [0.5, 0.6) is 0 Å². The molecular formula is C13H21NO3. The molecule has 6 unspecified atom stereocenters. The van der Waals surface area contributed by atoms with Crippen molar-refractivity contribution in [1.82, 2.24) is 5.32 Å². The maximum absolute atomic E-state index is 11.4. The molecule has 3 aliphatic rings. The number of fused-ring (bicyclic) bond motifs is 2. The molecule has 0 spiro atoms. The fourth-order valence-corrected chi connectivity index (χ4v) is 4.27. The van der Waals surface area contributed by atoms with Gasteiger partial charge in [-0.25, -0.2) is 0 Å². The summed E-state index contributed by atoms with van der Waals surface area (Å²) in [7, 11) is 0. The fourth-order valence-electron chi connectivity index (χ4n) is 4.27. The molecular weight excluding hydrogens is 218 g/mol. The maximum Gasteiger partial charge on any atom is 0.308 e. The largest absolute Gasteiger partial charge is 0.481 e. The summed E-state index contributed by atoms with van der Waals surface area (Å²) in [5, 5.41) is 22.6. The SMILES string of the molecule is O=C(O)C1C2CCC(C2)C1NC1CCCC1O. The number of aliphatic hydroxyl groups is 1. The van der Waals surface area contributed by atoms with Gasteiger partial charge in [0.05, 0.1) is 12.0 Å². The first-order valence-electron chi connectivity index (χ1n) is 6.83. The summed E-state index contributed by atoms with van der Waals surface area (Å²) in [6.45, 7) is 0. The van der Waals surface area contributed by atoms with Gasteiger partial charge < -0.3 is 15.5 Å². The van der Waals surface area contributed by atoms with Crippen LogP contribution < -0.4 is 5.32 Å². The molecule has 3 rings (SSSR count). The Morgan fingerprint density at radius 3 is 2.53 bits per heavy atom. The summed E-state index contributed by atoms with van der Waals surface area (Å²) in [6, 6.07) is 0.227. The van der Waals surface area contributed by atoms with E-state index in [1.807, 2.05) is 0 Å². The lowest BCUT2D eigenvalue weighted by molar-refractivity contribution is -0.144. The van der Waals surface area contributed by atoms with Crippen LogP contribution in [0.3, 0.4) is 0 Å². The topological polar surface area (TPSA) is 69.6 Å². The first-order chi connectivity index (χ1) is 8.16. The molecule has 0 aliphatic heterocycles. The highest BCUT2D eigenvalue weighted by Gasteiger charge is 2.51. The molecule has 3 aliphatic carbocycles. The third-order valence-corrected chi connectivity index (χ3v) is 5.09. The van der Waals surface area contributed by atoms with Crippen molar-refractivity contribution in [1.29, 1.82) is 0 Å². The van der Waals surface area contributed by atoms with Crippen molar-refractivity contribution < 1.29 is 15.0 Å². The second-order valence-corrected chi connectivity index (χ2v) is 5.99. The van der Waals surface area contributed by atoms with Gasteiger partial charge in [0.25, 0.3) is 0 Å². The highest BCUT2D eigenvalue weighted by atomic mass is 16.4. The van der Waals surface area contributed by atoms with Crippen molar-refractivity contribution in [3.05, 3.63) is 0 Å². The van der Waals surface area contributed by atoms with E-state index in [0.717, 1.165) is 38.5 Å². The van der Waals surface area contributed by atoms with Gasteiger partial charge in [0, 0.05) is 12.1 Å². The summed E-state index contributed by atoms with van der Waals surface area (Å²) < 4.78 is 0. The van der Waals surface area contributed by atoms with Gasteiger partial charge in [-0.2, -0.15) is 0 Å². The Balaban J connectivity index is 1.70. The molecule has 0 aromatic carbocycles. The number of rotatable bonds is 3. The third kappa shape index (κ3) is 1.87. The van der Waals surface area contributed by atoms with E-state index in [-0.39, 0.29) is 24.1 Å². The molecule has 0 aromatic heterocycles. The van der Waals surface area contributed by atoms with Crippen LogP contribution >= 0.6 is 0 Å². The van der Waals surface area contributed by atoms with Crippen LogP contribution in [0.4, 0.5) is 0 Å². The first-order valence-corrected chi connectivity index (χ1v) is 6.83. The van der Waals surface area contributed by atoms with E-state index < -0.39 is 5.97 Å². The lowest BCUT2D eigenvalue weighted by Crippen LogP contribution is -2.50. The molecule has 3 fully saturated rings. The number of aliphatic hydroxyl groups excluding tert-OH is 1. The van der Waals surface area contributed by atoms with Crippen LogP contribution in [0.2, 0.25) is 0 Å². The molecule has 0 radical (unpaired) electrons. The molecule has 0 heterocycles. The number of carbonyl (C=O) groups is 1. The normalized spacial score (nSPS) is 48.8. The maximum atomic E-state index is 11.4. The molecule has 3 N–H and O–H groups in total. The van der Waals surface area contributed by atoms with Gasteiger partial charge in [0.1, 0.15) is 0 Å². The summed E-state index contributed by atoms with van der Waals surface area (Å²) in [6.07, 6.45) is 5.93. The number of carboxylic acids is 1. The average molecular weight is 239 g/mol. The molecule has 6 atom stereocenters. The van der Waals surface area contributed by atoms with Crippen LogP contribution in [-0.4, -0.2) is 34.4 Å². The van der Waals surface area contributed by atoms with Crippen molar-refractivity contribution >= 4 is 5.97 Å². The second kappa shape index (κ2) is 4.25. The summed E-state index contributed by atoms with van der Waals surface area (Å²) in [5.74, 6) is 0.0196. The van der Waals surface area contributed by atoms with E-state index in [0.29, 0.717) is 11.8 Å². The zero-order valence-electron chi connectivity index (χ0n) is 10.0. The Morgan fingerprint density at radius 2 is 1.88 bits per heavy atom. The minimum atomic E-state index is -0.651. The Hall–Kier alpha value is -0.610. The molecule has 0 saturated heterocycles. The molecule has 4 heteroatoms. The Morgan fingerprint density at radius 1 is 1.12 bits per heavy atom. The Bertz CT molecular complexity index is 320. The lowest BCUT2D eigenvalue weighted by atomic mass is 9.84. The van der Waals surface area contributed by atoms with Crippen molar-refractivity contribution in [2.45, 2.75) is 56.7 Å². The first kappa shape index (κ1) is 11.5. The summed E-state index contributed by atoms with van der Waals surface area (Å²) in [4.78, 5) is 11.4. The van der Waals surface area contributed by atoms with Gasteiger partial charge in [-0.05, 0) is 50.4 Å². The van der Waals surface area contributed by atoms with Crippen LogP contribution in [0.1, 0.15) is 38.5 Å². The van der Waals surface area contributed by atoms with Gasteiger partial charge in [-0.1, -0.05) is 0 Å². The summed E-state index contributed by atoms with van der Waals surface area (Å²) in [5.41, 5.74) is 0. The van der Waals surface area contributed by atoms with Crippen LogP contribution in [0, 0.1) is 17.8 Å². The molecule has 96 valence electrons. The highest BCUT2D eigenvalue weighted by molar-refractivity contribution is 5.72. The fraction of sp³-hybridized carbons (Fsp3) is 0.923. The number of nitrogens with one attached hydrogen (secondary N) is 1. The Kier molecular flexibility index (Phi) is 2.87. The number of aliphatic carboxylic acids is 1. The van der Waals surface area contributed by atoms with Gasteiger partial charge in [-0.3, -0.25) is 4.79 Å². The molecule has 0 aromatic rings. The van der Waals surface area contributed by atoms with Crippen LogP contribution in [-0.2, 0) is 4.79 Å². The smallest absolute Gasteiger partial charge is 0.308 e. The van der Waals surface area contributed by atoms with Crippen LogP contribution in [0.15, 0.2) is 0 Å². The molecule has 2 bridgehead atoms. The van der Waals surface area contributed by atoms with E-state index in [1.54, 1.807) is 0 Å². The minimum Gasteiger partial charge on any atom is -0.481 e. The van der Waals surface area contributed by atoms with E-state index in [1.165, 1.54) is 0 Å². The average Bonchev–Trinajstić information content (AvgIpc) is 2.95. The number of hydrogen-bond donors (Lipinski definition) is 3. The van der Waals surface area contributed by atoms with Gasteiger partial charge in [-0.15, -0.1) is 0 Å². The standard InChI is InChI=1S/C13H21NO3/c15-10-3-1-2-9(10)14-12-8-5-4-7(6-8)11(12)13(16)17/h7-12,14-15H,1-6H2,(H,16,17). The lowest BCUT2D eigenvalue weighted by Gasteiger charge is -2.32. The van der Waals surface area contributed by atoms with Gasteiger partial charge >= 0.3 is 5.97 Å². The van der Waals surface area contributed by atoms with Crippen molar-refractivity contribution in [2.75, 3.05) is 0 Å². The minimum absolute atomic E-state index is 0.101. The quantitative estimate of drug-likeness (QED) is 0.687. The van der Waals surface area contributed by atoms with Crippen molar-refractivity contribution in [2.24, 2.45) is 17.8 Å². The third-order valence-electron chi connectivity index (χ3n) is 5.09. The van der Waals surface area contributed by atoms with E-state index in [9.17, 15) is 15.0 Å². The summed E-state index contributed by atoms with van der Waals surface area (Å²) >= 11 is 0. The molecule has 3 saturated carbocycles. The molecule has 17 heavy (non-hydrogen) atoms. The predicted octanol–water partition coefficient (Wildman–Crippen LogP) is 0.989. The monoisotopic (exact) mass is 239 g/mol. The van der Waals surface area contributed by atoms with E-state index in [4.69, 9.17) is 0 Å². The predicted molar refractivity (Wildman–Crippen MR) is 62.5 cm³/mol. The van der Waals surface area contributed by atoms with E-state index >= 15 is 0 Å². The Labute approximate surface area is 101 Å². The highest BCUT2D eigenvalue weighted by Crippen LogP contribution is 2.49. The van der Waals surface area contributed by atoms with Gasteiger partial charge in [0.15, 0.2) is 0 Å². The van der Waals surface area contributed by atoms with Crippen LogP contribution in [0.25, 0.3) is 0 Å². The molecule has 0 amide bonds.